The van der Waals surface area contributed by atoms with Crippen LogP contribution in [0.5, 0.6) is 0 Å². The van der Waals surface area contributed by atoms with E-state index in [0.717, 1.165) is 5.69 Å². The van der Waals surface area contributed by atoms with Gasteiger partial charge in [-0.05, 0) is 61.4 Å². The fraction of sp³-hybridized carbons (Fsp3) is 0.211. The van der Waals surface area contributed by atoms with Gasteiger partial charge in [0, 0.05) is 33.2 Å². The third-order valence-corrected chi connectivity index (χ3v) is 4.67. The fourth-order valence-corrected chi connectivity index (χ4v) is 3.11. The highest BCUT2D eigenvalue weighted by molar-refractivity contribution is 6.30. The normalized spacial score (nSPS) is 17.4. The number of nitrogens with one attached hydrogen (secondary N) is 1. The van der Waals surface area contributed by atoms with Crippen LogP contribution in [0, 0.1) is 0 Å². The predicted octanol–water partition coefficient (Wildman–Crippen LogP) is 6.05. The average Bonchev–Trinajstić information content (AvgIpc) is 2.63. The van der Waals surface area contributed by atoms with Gasteiger partial charge in [-0.1, -0.05) is 23.2 Å². The summed E-state index contributed by atoms with van der Waals surface area (Å²) in [5.74, 6) is -1.81. The van der Waals surface area contributed by atoms with Gasteiger partial charge in [-0.25, -0.2) is 0 Å². The highest BCUT2D eigenvalue weighted by Gasteiger charge is 2.42. The maximum atomic E-state index is 12.8. The van der Waals surface area contributed by atoms with Gasteiger partial charge in [-0.2, -0.15) is 13.2 Å². The molecule has 1 unspecified atom stereocenters. The molecule has 2 aromatic carbocycles. The Morgan fingerprint density at radius 2 is 1.56 bits per heavy atom. The topological polar surface area (TPSA) is 32.3 Å². The summed E-state index contributed by atoms with van der Waals surface area (Å²) in [7, 11) is 0. The van der Waals surface area contributed by atoms with E-state index in [0.29, 0.717) is 22.2 Å². The van der Waals surface area contributed by atoms with Gasteiger partial charge in [0.25, 0.3) is 5.78 Å². The van der Waals surface area contributed by atoms with Crippen LogP contribution in [0.4, 0.5) is 24.5 Å². The van der Waals surface area contributed by atoms with Gasteiger partial charge in [0.05, 0.1) is 0 Å². The zero-order valence-electron chi connectivity index (χ0n) is 13.9. The molecule has 0 saturated carbocycles. The van der Waals surface area contributed by atoms with E-state index < -0.39 is 12.0 Å². The number of hydrogen-bond donors (Lipinski definition) is 1. The van der Waals surface area contributed by atoms with Gasteiger partial charge in [-0.3, -0.25) is 4.79 Å². The lowest BCUT2D eigenvalue weighted by Crippen LogP contribution is -2.42. The van der Waals surface area contributed by atoms with E-state index in [1.165, 1.54) is 6.20 Å². The van der Waals surface area contributed by atoms with Crippen molar-refractivity contribution < 1.29 is 18.0 Å². The number of halogens is 5. The van der Waals surface area contributed by atoms with E-state index in [1.807, 2.05) is 0 Å². The molecule has 0 spiro atoms. The van der Waals surface area contributed by atoms with Crippen LogP contribution in [0.3, 0.4) is 0 Å². The molecule has 0 radical (unpaired) electrons. The lowest BCUT2D eigenvalue weighted by molar-refractivity contribution is -0.166. The molecule has 0 bridgehead atoms. The average molecular weight is 415 g/mol. The van der Waals surface area contributed by atoms with Gasteiger partial charge in [0.1, 0.15) is 6.17 Å². The van der Waals surface area contributed by atoms with Crippen LogP contribution in [-0.2, 0) is 4.79 Å². The first-order valence-electron chi connectivity index (χ1n) is 8.12. The van der Waals surface area contributed by atoms with Crippen molar-refractivity contribution in [1.82, 2.24) is 0 Å². The monoisotopic (exact) mass is 414 g/mol. The zero-order valence-corrected chi connectivity index (χ0v) is 15.4. The van der Waals surface area contributed by atoms with Crippen LogP contribution in [0.2, 0.25) is 10.0 Å². The van der Waals surface area contributed by atoms with Crippen molar-refractivity contribution in [3.8, 4) is 0 Å². The van der Waals surface area contributed by atoms with Crippen LogP contribution in [-0.4, -0.2) is 18.1 Å². The molecule has 8 heteroatoms. The summed E-state index contributed by atoms with van der Waals surface area (Å²) in [6, 6.07) is 13.7. The van der Waals surface area contributed by atoms with Crippen molar-refractivity contribution in [3.05, 3.63) is 70.3 Å². The maximum absolute atomic E-state index is 12.8. The van der Waals surface area contributed by atoms with Crippen molar-refractivity contribution in [3.63, 3.8) is 0 Å². The van der Waals surface area contributed by atoms with E-state index in [-0.39, 0.29) is 18.2 Å². The second-order valence-electron chi connectivity index (χ2n) is 6.07. The fourth-order valence-electron chi connectivity index (χ4n) is 2.86. The molecule has 1 heterocycles. The summed E-state index contributed by atoms with van der Waals surface area (Å²) in [5.41, 5.74) is 1.12. The summed E-state index contributed by atoms with van der Waals surface area (Å²) >= 11 is 11.8. The lowest BCUT2D eigenvalue weighted by atomic mass is 10.00. The molecule has 1 aliphatic rings. The minimum atomic E-state index is -4.89. The van der Waals surface area contributed by atoms with Gasteiger partial charge < -0.3 is 10.2 Å². The molecule has 1 N–H and O–H groups in total. The Morgan fingerprint density at radius 1 is 1.00 bits per heavy atom. The number of rotatable bonds is 4. The summed E-state index contributed by atoms with van der Waals surface area (Å²) in [5, 5.41) is 4.35. The minimum absolute atomic E-state index is 0.0215. The molecule has 3 nitrogen and oxygen atoms in total. The summed E-state index contributed by atoms with van der Waals surface area (Å²) in [6.07, 6.45) is -3.63. The Morgan fingerprint density at radius 3 is 2.11 bits per heavy atom. The van der Waals surface area contributed by atoms with Gasteiger partial charge >= 0.3 is 6.18 Å². The summed E-state index contributed by atoms with van der Waals surface area (Å²) < 4.78 is 38.5. The number of nitrogens with zero attached hydrogens (tertiary/aromatic N) is 1. The summed E-state index contributed by atoms with van der Waals surface area (Å²) in [6.45, 7) is 0. The number of carbonyl (C=O) groups excluding carboxylic acids is 1. The van der Waals surface area contributed by atoms with E-state index >= 15 is 0 Å². The summed E-state index contributed by atoms with van der Waals surface area (Å²) in [4.78, 5) is 13.3. The smallest absolute Gasteiger partial charge is 0.365 e. The van der Waals surface area contributed by atoms with Gasteiger partial charge in [0.2, 0.25) is 0 Å². The maximum Gasteiger partial charge on any atom is 0.454 e. The number of ketones is 1. The Balaban J connectivity index is 1.93. The largest absolute Gasteiger partial charge is 0.454 e. The number of allylic oxidation sites excluding steroid dienone is 1. The first-order chi connectivity index (χ1) is 12.7. The second kappa shape index (κ2) is 7.82. The Hall–Kier alpha value is -2.18. The molecule has 0 aromatic heterocycles. The van der Waals surface area contributed by atoms with Crippen LogP contribution in [0.15, 0.2) is 60.3 Å². The number of Topliss-reactive ketones (excluding diaryl/α,β-unsaturated/α-hetero) is 1. The van der Waals surface area contributed by atoms with Gasteiger partial charge in [0.15, 0.2) is 0 Å². The molecule has 0 fully saturated rings. The SMILES string of the molecule is O=C(C1=CN(c2ccc(Cl)cc2)C(Nc2ccc(Cl)cc2)CC1)C(F)(F)F. The molecule has 0 saturated heterocycles. The Labute approximate surface area is 164 Å². The number of carbonyl (C=O) groups is 1. The molecule has 142 valence electrons. The third kappa shape index (κ3) is 4.76. The number of benzene rings is 2. The second-order valence-corrected chi connectivity index (χ2v) is 6.94. The van der Waals surface area contributed by atoms with E-state index in [9.17, 15) is 18.0 Å². The molecule has 1 atom stereocenters. The van der Waals surface area contributed by atoms with E-state index in [4.69, 9.17) is 23.2 Å². The van der Waals surface area contributed by atoms with Crippen LogP contribution >= 0.6 is 23.2 Å². The highest BCUT2D eigenvalue weighted by atomic mass is 35.5. The first kappa shape index (κ1) is 19.6. The van der Waals surface area contributed by atoms with E-state index in [2.05, 4.69) is 5.32 Å². The third-order valence-electron chi connectivity index (χ3n) is 4.17. The van der Waals surface area contributed by atoms with Crippen molar-refractivity contribution in [2.75, 3.05) is 10.2 Å². The Bertz CT molecular complexity index is 849. The number of hydrogen-bond acceptors (Lipinski definition) is 3. The molecule has 1 aliphatic heterocycles. The first-order valence-corrected chi connectivity index (χ1v) is 8.88. The van der Waals surface area contributed by atoms with E-state index in [1.54, 1.807) is 53.4 Å². The van der Waals surface area contributed by atoms with Crippen molar-refractivity contribution in [1.29, 1.82) is 0 Å². The quantitative estimate of drug-likeness (QED) is 0.660. The van der Waals surface area contributed by atoms with Gasteiger partial charge in [-0.15, -0.1) is 0 Å². The molecule has 27 heavy (non-hydrogen) atoms. The molecular formula is C19H15Cl2F3N2O. The number of anilines is 2. The van der Waals surface area contributed by atoms with Crippen LogP contribution in [0.1, 0.15) is 12.8 Å². The highest BCUT2D eigenvalue weighted by Crippen LogP contribution is 2.32. The zero-order chi connectivity index (χ0) is 19.6. The predicted molar refractivity (Wildman–Crippen MR) is 101 cm³/mol. The standard InChI is InChI=1S/C19H15Cl2F3N2O/c20-13-2-6-15(7-3-13)25-17-10-1-12(18(27)19(22,23)24)11-26(17)16-8-4-14(21)5-9-16/h2-9,11,17,25H,1,10H2. The van der Waals surface area contributed by atoms with Crippen molar-refractivity contribution in [2.45, 2.75) is 25.2 Å². The van der Waals surface area contributed by atoms with Crippen LogP contribution in [0.25, 0.3) is 0 Å². The molecule has 2 aromatic rings. The molecular weight excluding hydrogens is 400 g/mol. The van der Waals surface area contributed by atoms with Crippen molar-refractivity contribution in [2.24, 2.45) is 0 Å². The van der Waals surface area contributed by atoms with Crippen molar-refractivity contribution >= 4 is 40.4 Å². The number of alkyl halides is 3. The molecule has 0 amide bonds. The lowest BCUT2D eigenvalue weighted by Gasteiger charge is -2.36. The molecule has 3 rings (SSSR count). The minimum Gasteiger partial charge on any atom is -0.365 e. The van der Waals surface area contributed by atoms with Crippen LogP contribution < -0.4 is 10.2 Å². The Kier molecular flexibility index (Phi) is 5.67. The molecule has 0 aliphatic carbocycles.